The molecule has 1 unspecified atom stereocenters. The number of aliphatic hydroxyl groups is 1. The zero-order valence-corrected chi connectivity index (χ0v) is 19.0. The first kappa shape index (κ1) is 23.5. The van der Waals surface area contributed by atoms with E-state index in [9.17, 15) is 15.0 Å². The van der Waals surface area contributed by atoms with Crippen molar-refractivity contribution in [3.05, 3.63) is 57.8 Å². The summed E-state index contributed by atoms with van der Waals surface area (Å²) in [5.74, 6) is 7.38. The number of rotatable bonds is 6. The summed E-state index contributed by atoms with van der Waals surface area (Å²) in [6.07, 6.45) is 6.37. The number of aromatic hydroxyl groups is 1. The Balaban J connectivity index is 1.30. The highest BCUT2D eigenvalue weighted by Gasteiger charge is 2.23. The van der Waals surface area contributed by atoms with Gasteiger partial charge in [0.05, 0.1) is 31.8 Å². The van der Waals surface area contributed by atoms with Crippen LogP contribution in [-0.4, -0.2) is 64.5 Å². The van der Waals surface area contributed by atoms with Crippen LogP contribution in [0, 0.1) is 23.7 Å². The first-order valence-corrected chi connectivity index (χ1v) is 11.9. The second kappa shape index (κ2) is 11.5. The van der Waals surface area contributed by atoms with Crippen LogP contribution in [0.3, 0.4) is 0 Å². The van der Waals surface area contributed by atoms with Crippen molar-refractivity contribution in [2.75, 3.05) is 39.5 Å². The van der Waals surface area contributed by atoms with E-state index in [2.05, 4.69) is 26.7 Å². The lowest BCUT2D eigenvalue weighted by Gasteiger charge is -2.33. The standard InChI is InChI=1S/C26H33N3O4/c30-17-23(15-24-25(31)26(32)28-18-27-24)22-9-7-20(8-10-22)2-1-19-3-5-21(6-4-19)16-29-11-13-33-14-12-29/h7-10,18-19,21,23,30-31H,3-6,11-17H2,(H,27,28,32)/t19-,21-,23?. The van der Waals surface area contributed by atoms with Gasteiger partial charge in [-0.2, -0.15) is 0 Å². The Morgan fingerprint density at radius 2 is 1.88 bits per heavy atom. The Hall–Kier alpha value is -2.66. The first-order chi connectivity index (χ1) is 16.1. The maximum Gasteiger partial charge on any atom is 0.293 e. The fourth-order valence-electron chi connectivity index (χ4n) is 4.76. The summed E-state index contributed by atoms with van der Waals surface area (Å²) in [7, 11) is 0. The Kier molecular flexibility index (Phi) is 8.16. The highest BCUT2D eigenvalue weighted by atomic mass is 16.5. The minimum atomic E-state index is -0.572. The van der Waals surface area contributed by atoms with Crippen molar-refractivity contribution in [1.82, 2.24) is 14.9 Å². The summed E-state index contributed by atoms with van der Waals surface area (Å²) in [6.45, 7) is 4.95. The van der Waals surface area contributed by atoms with Gasteiger partial charge in [-0.05, 0) is 49.3 Å². The van der Waals surface area contributed by atoms with Crippen LogP contribution in [0.15, 0.2) is 35.4 Å². The van der Waals surface area contributed by atoms with Gasteiger partial charge in [0.1, 0.15) is 0 Å². The molecule has 176 valence electrons. The lowest BCUT2D eigenvalue weighted by molar-refractivity contribution is 0.0271. The lowest BCUT2D eigenvalue weighted by atomic mass is 9.82. The number of H-pyrrole nitrogens is 1. The van der Waals surface area contributed by atoms with Crippen LogP contribution in [0.4, 0.5) is 0 Å². The number of hydrogen-bond acceptors (Lipinski definition) is 6. The summed E-state index contributed by atoms with van der Waals surface area (Å²) in [5.41, 5.74) is 1.60. The molecule has 33 heavy (non-hydrogen) atoms. The van der Waals surface area contributed by atoms with Gasteiger partial charge in [-0.3, -0.25) is 9.69 Å². The summed E-state index contributed by atoms with van der Waals surface area (Å²) in [5, 5.41) is 19.7. The van der Waals surface area contributed by atoms with Crippen molar-refractivity contribution >= 4 is 0 Å². The van der Waals surface area contributed by atoms with Crippen molar-refractivity contribution in [3.8, 4) is 17.6 Å². The second-order valence-corrected chi connectivity index (χ2v) is 9.13. The van der Waals surface area contributed by atoms with Crippen molar-refractivity contribution in [2.45, 2.75) is 38.0 Å². The molecular formula is C26H33N3O4. The third-order valence-electron chi connectivity index (χ3n) is 6.83. The lowest BCUT2D eigenvalue weighted by Crippen LogP contribution is -2.40. The molecule has 1 saturated heterocycles. The quantitative estimate of drug-likeness (QED) is 0.583. The Labute approximate surface area is 194 Å². The van der Waals surface area contributed by atoms with Crippen molar-refractivity contribution in [2.24, 2.45) is 11.8 Å². The molecule has 1 aromatic carbocycles. The predicted octanol–water partition coefficient (Wildman–Crippen LogP) is 2.28. The molecule has 7 heteroatoms. The molecule has 0 spiro atoms. The van der Waals surface area contributed by atoms with Crippen LogP contribution in [0.5, 0.6) is 5.75 Å². The third-order valence-corrected chi connectivity index (χ3v) is 6.83. The van der Waals surface area contributed by atoms with E-state index in [-0.39, 0.29) is 24.6 Å². The molecule has 0 bridgehead atoms. The van der Waals surface area contributed by atoms with E-state index < -0.39 is 11.3 Å². The molecule has 1 atom stereocenters. The largest absolute Gasteiger partial charge is 0.502 e. The molecule has 1 aliphatic carbocycles. The normalized spacial score (nSPS) is 22.3. The van der Waals surface area contributed by atoms with Gasteiger partial charge in [0.2, 0.25) is 5.75 Å². The molecule has 1 aliphatic heterocycles. The van der Waals surface area contributed by atoms with Crippen molar-refractivity contribution < 1.29 is 14.9 Å². The van der Waals surface area contributed by atoms with E-state index in [1.807, 2.05) is 24.3 Å². The third kappa shape index (κ3) is 6.44. The van der Waals surface area contributed by atoms with Crippen LogP contribution in [0.25, 0.3) is 0 Å². The van der Waals surface area contributed by atoms with Crippen molar-refractivity contribution in [3.63, 3.8) is 0 Å². The molecule has 1 saturated carbocycles. The average molecular weight is 452 g/mol. The number of ether oxygens (including phenoxy) is 1. The van der Waals surface area contributed by atoms with E-state index in [0.29, 0.717) is 5.92 Å². The molecule has 2 aromatic rings. The number of morpholine rings is 1. The van der Waals surface area contributed by atoms with Crippen molar-refractivity contribution in [1.29, 1.82) is 0 Å². The molecule has 0 radical (unpaired) electrons. The number of nitrogens with zero attached hydrogens (tertiary/aromatic N) is 2. The minimum Gasteiger partial charge on any atom is -0.502 e. The number of aliphatic hydroxyl groups excluding tert-OH is 1. The zero-order chi connectivity index (χ0) is 23.0. The topological polar surface area (TPSA) is 98.7 Å². The highest BCUT2D eigenvalue weighted by Crippen LogP contribution is 2.29. The van der Waals surface area contributed by atoms with Crippen LogP contribution in [0.2, 0.25) is 0 Å². The number of benzene rings is 1. The monoisotopic (exact) mass is 451 g/mol. The number of hydrogen-bond donors (Lipinski definition) is 3. The molecule has 0 amide bonds. The summed E-state index contributed by atoms with van der Waals surface area (Å²) in [4.78, 5) is 20.5. The number of nitrogens with one attached hydrogen (secondary N) is 1. The molecule has 2 heterocycles. The molecular weight excluding hydrogens is 418 g/mol. The smallest absolute Gasteiger partial charge is 0.293 e. The SMILES string of the molecule is O=c1[nH]cnc(CC(CO)c2ccc(C#C[C@H]3CC[C@H](CN4CCOCC4)CC3)cc2)c1O. The van der Waals surface area contributed by atoms with Gasteiger partial charge in [0.25, 0.3) is 5.56 Å². The zero-order valence-electron chi connectivity index (χ0n) is 19.0. The molecule has 3 N–H and O–H groups in total. The summed E-state index contributed by atoms with van der Waals surface area (Å²) >= 11 is 0. The molecule has 7 nitrogen and oxygen atoms in total. The highest BCUT2D eigenvalue weighted by molar-refractivity contribution is 5.38. The Morgan fingerprint density at radius 3 is 2.58 bits per heavy atom. The van der Waals surface area contributed by atoms with Gasteiger partial charge in [0, 0.05) is 43.5 Å². The maximum atomic E-state index is 11.6. The van der Waals surface area contributed by atoms with E-state index in [1.165, 1.54) is 38.6 Å². The van der Waals surface area contributed by atoms with Gasteiger partial charge in [0.15, 0.2) is 0 Å². The first-order valence-electron chi connectivity index (χ1n) is 11.9. The Bertz CT molecular complexity index is 1010. The molecule has 1 aromatic heterocycles. The van der Waals surface area contributed by atoms with Gasteiger partial charge in [-0.1, -0.05) is 24.0 Å². The second-order valence-electron chi connectivity index (χ2n) is 9.13. The van der Waals surface area contributed by atoms with Crippen LogP contribution in [0.1, 0.15) is 48.4 Å². The fraction of sp³-hybridized carbons (Fsp3) is 0.538. The van der Waals surface area contributed by atoms with E-state index in [4.69, 9.17) is 4.74 Å². The average Bonchev–Trinajstić information content (AvgIpc) is 2.86. The van der Waals surface area contributed by atoms with Crippen LogP contribution in [-0.2, 0) is 11.2 Å². The minimum absolute atomic E-state index is 0.105. The van der Waals surface area contributed by atoms with Gasteiger partial charge in [-0.15, -0.1) is 0 Å². The van der Waals surface area contributed by atoms with Gasteiger partial charge < -0.3 is 19.9 Å². The molecule has 4 rings (SSSR count). The molecule has 2 aliphatic rings. The summed E-state index contributed by atoms with van der Waals surface area (Å²) in [6, 6.07) is 7.85. The van der Waals surface area contributed by atoms with Gasteiger partial charge >= 0.3 is 0 Å². The fourth-order valence-corrected chi connectivity index (χ4v) is 4.76. The van der Waals surface area contributed by atoms with E-state index >= 15 is 0 Å². The number of aromatic amines is 1. The summed E-state index contributed by atoms with van der Waals surface area (Å²) < 4.78 is 5.44. The molecule has 2 fully saturated rings. The van der Waals surface area contributed by atoms with E-state index in [0.717, 1.165) is 43.3 Å². The van der Waals surface area contributed by atoms with Crippen LogP contribution >= 0.6 is 0 Å². The predicted molar refractivity (Wildman–Crippen MR) is 126 cm³/mol. The van der Waals surface area contributed by atoms with E-state index in [1.54, 1.807) is 0 Å². The van der Waals surface area contributed by atoms with Crippen LogP contribution < -0.4 is 5.56 Å². The van der Waals surface area contributed by atoms with Gasteiger partial charge in [-0.25, -0.2) is 4.98 Å². The number of aromatic nitrogens is 2. The Morgan fingerprint density at radius 1 is 1.15 bits per heavy atom. The maximum absolute atomic E-state index is 11.6.